The molecule has 3 rings (SSSR count). The van der Waals surface area contributed by atoms with Crippen molar-refractivity contribution in [3.63, 3.8) is 0 Å². The molecule has 1 amide bonds. The second-order valence-electron chi connectivity index (χ2n) is 7.03. The normalized spacial score (nSPS) is 12.0. The van der Waals surface area contributed by atoms with Crippen LogP contribution in [0.25, 0.3) is 17.0 Å². The van der Waals surface area contributed by atoms with E-state index < -0.39 is 23.5 Å². The number of hydrogen-bond donors (Lipinski definition) is 1. The van der Waals surface area contributed by atoms with Crippen LogP contribution in [0.3, 0.4) is 0 Å². The molecule has 0 fully saturated rings. The van der Waals surface area contributed by atoms with E-state index in [0.29, 0.717) is 16.5 Å². The number of hydrogen-bond acceptors (Lipinski definition) is 6. The van der Waals surface area contributed by atoms with Crippen LogP contribution in [0, 0.1) is 6.92 Å². The summed E-state index contributed by atoms with van der Waals surface area (Å²) in [5, 5.41) is 3.25. The van der Waals surface area contributed by atoms with Crippen LogP contribution < -0.4 is 15.7 Å². The van der Waals surface area contributed by atoms with E-state index in [1.807, 2.05) is 31.2 Å². The number of rotatable bonds is 7. The number of amides is 1. The van der Waals surface area contributed by atoms with Gasteiger partial charge in [-0.05, 0) is 49.2 Å². The molecule has 1 aromatic heterocycles. The molecule has 2 aromatic carbocycles. The molecule has 0 radical (unpaired) electrons. The van der Waals surface area contributed by atoms with Crippen LogP contribution in [-0.4, -0.2) is 25.0 Å². The van der Waals surface area contributed by atoms with Gasteiger partial charge in [-0.1, -0.05) is 24.3 Å². The van der Waals surface area contributed by atoms with Crippen LogP contribution in [0.1, 0.15) is 23.6 Å². The summed E-state index contributed by atoms with van der Waals surface area (Å²) in [6.07, 6.45) is 2.97. The molecule has 160 valence electrons. The van der Waals surface area contributed by atoms with E-state index in [1.54, 1.807) is 31.4 Å². The van der Waals surface area contributed by atoms with Crippen molar-refractivity contribution in [3.05, 3.63) is 81.7 Å². The highest BCUT2D eigenvalue weighted by molar-refractivity contribution is 5.94. The number of ether oxygens (including phenoxy) is 2. The zero-order valence-corrected chi connectivity index (χ0v) is 17.5. The van der Waals surface area contributed by atoms with Crippen LogP contribution >= 0.6 is 0 Å². The monoisotopic (exact) mass is 421 g/mol. The lowest BCUT2D eigenvalue weighted by atomic mass is 10.1. The molecule has 7 nitrogen and oxygen atoms in total. The first-order valence-electron chi connectivity index (χ1n) is 9.68. The molecule has 0 saturated heterocycles. The van der Waals surface area contributed by atoms with Crippen molar-refractivity contribution in [2.24, 2.45) is 0 Å². The van der Waals surface area contributed by atoms with E-state index in [2.05, 4.69) is 5.32 Å². The van der Waals surface area contributed by atoms with Gasteiger partial charge in [0.05, 0.1) is 7.11 Å². The predicted octanol–water partition coefficient (Wildman–Crippen LogP) is 3.37. The van der Waals surface area contributed by atoms with Gasteiger partial charge in [0.15, 0.2) is 0 Å². The third-order valence-electron chi connectivity index (χ3n) is 4.61. The number of carbonyl (C=O) groups is 2. The largest absolute Gasteiger partial charge is 0.497 e. The van der Waals surface area contributed by atoms with Crippen molar-refractivity contribution in [2.75, 3.05) is 7.11 Å². The molecule has 0 aliphatic heterocycles. The molecule has 0 unspecified atom stereocenters. The van der Waals surface area contributed by atoms with Crippen molar-refractivity contribution in [3.8, 4) is 5.75 Å². The van der Waals surface area contributed by atoms with Crippen molar-refractivity contribution in [2.45, 2.75) is 26.5 Å². The number of benzene rings is 2. The van der Waals surface area contributed by atoms with Gasteiger partial charge < -0.3 is 19.2 Å². The minimum Gasteiger partial charge on any atom is -0.497 e. The van der Waals surface area contributed by atoms with Crippen molar-refractivity contribution in [1.29, 1.82) is 0 Å². The van der Waals surface area contributed by atoms with Crippen molar-refractivity contribution in [1.82, 2.24) is 5.32 Å². The van der Waals surface area contributed by atoms with Gasteiger partial charge in [0, 0.05) is 23.1 Å². The highest BCUT2D eigenvalue weighted by Gasteiger charge is 2.17. The average Bonchev–Trinajstić information content (AvgIpc) is 2.75. The highest BCUT2D eigenvalue weighted by Crippen LogP contribution is 2.19. The lowest BCUT2D eigenvalue weighted by Gasteiger charge is -2.13. The Balaban J connectivity index is 1.58. The lowest BCUT2D eigenvalue weighted by molar-refractivity contribution is -0.148. The van der Waals surface area contributed by atoms with Crippen molar-refractivity contribution < 1.29 is 23.5 Å². The zero-order valence-electron chi connectivity index (χ0n) is 17.5. The van der Waals surface area contributed by atoms with Gasteiger partial charge in [-0.15, -0.1) is 0 Å². The van der Waals surface area contributed by atoms with E-state index in [-0.39, 0.29) is 6.61 Å². The Morgan fingerprint density at radius 2 is 1.87 bits per heavy atom. The molecule has 31 heavy (non-hydrogen) atoms. The summed E-state index contributed by atoms with van der Waals surface area (Å²) in [6, 6.07) is 13.1. The highest BCUT2D eigenvalue weighted by atomic mass is 16.5. The van der Waals surface area contributed by atoms with Gasteiger partial charge in [-0.3, -0.25) is 4.79 Å². The van der Waals surface area contributed by atoms with Crippen LogP contribution in [0.15, 0.2) is 63.8 Å². The second kappa shape index (κ2) is 9.75. The number of nitrogens with one attached hydrogen (secondary N) is 1. The first-order chi connectivity index (χ1) is 14.9. The molecular formula is C24H23NO6. The van der Waals surface area contributed by atoms with Crippen LogP contribution in [-0.2, 0) is 20.9 Å². The standard InChI is InChI=1S/C24H23NO6/c1-15-4-10-20-18(13-23(27)31-21(20)12-15)14-30-24(28)16(2)25-22(26)11-7-17-5-8-19(29-3)9-6-17/h4-13,16H,14H2,1-3H3,(H,25,26)/b11-7+/t16-/m0/s1. The topological polar surface area (TPSA) is 94.8 Å². The smallest absolute Gasteiger partial charge is 0.336 e. The molecule has 0 aliphatic rings. The zero-order chi connectivity index (χ0) is 22.4. The maximum absolute atomic E-state index is 12.3. The van der Waals surface area contributed by atoms with Crippen molar-refractivity contribution >= 4 is 28.9 Å². The summed E-state index contributed by atoms with van der Waals surface area (Å²) in [6.45, 7) is 3.31. The minimum atomic E-state index is -0.860. The molecule has 1 N–H and O–H groups in total. The third kappa shape index (κ3) is 5.82. The van der Waals surface area contributed by atoms with Crippen LogP contribution in [0.2, 0.25) is 0 Å². The number of aryl methyl sites for hydroxylation is 1. The summed E-state index contributed by atoms with van der Waals surface area (Å²) in [5.41, 5.74) is 2.22. The van der Waals surface area contributed by atoms with E-state index in [0.717, 1.165) is 16.9 Å². The molecule has 1 heterocycles. The predicted molar refractivity (Wildman–Crippen MR) is 117 cm³/mol. The first-order valence-corrected chi connectivity index (χ1v) is 9.68. The fourth-order valence-electron chi connectivity index (χ4n) is 2.94. The van der Waals surface area contributed by atoms with E-state index >= 15 is 0 Å². The first kappa shape index (κ1) is 21.8. The quantitative estimate of drug-likeness (QED) is 0.357. The molecule has 0 aliphatic carbocycles. The molecule has 0 spiro atoms. The Hall–Kier alpha value is -3.87. The van der Waals surface area contributed by atoms with E-state index in [4.69, 9.17) is 13.9 Å². The third-order valence-corrected chi connectivity index (χ3v) is 4.61. The molecule has 7 heteroatoms. The van der Waals surface area contributed by atoms with Crippen LogP contribution in [0.4, 0.5) is 0 Å². The molecule has 0 bridgehead atoms. The Labute approximate surface area is 179 Å². The molecule has 1 atom stereocenters. The summed E-state index contributed by atoms with van der Waals surface area (Å²) in [7, 11) is 1.58. The number of fused-ring (bicyclic) bond motifs is 1. The Morgan fingerprint density at radius 3 is 2.58 bits per heavy atom. The Kier molecular flexibility index (Phi) is 6.87. The Morgan fingerprint density at radius 1 is 1.13 bits per heavy atom. The second-order valence-corrected chi connectivity index (χ2v) is 7.03. The average molecular weight is 421 g/mol. The fraction of sp³-hybridized carbons (Fsp3) is 0.208. The van der Waals surface area contributed by atoms with Gasteiger partial charge in [0.2, 0.25) is 5.91 Å². The summed E-state index contributed by atoms with van der Waals surface area (Å²) >= 11 is 0. The summed E-state index contributed by atoms with van der Waals surface area (Å²) in [5.74, 6) is -0.321. The van der Waals surface area contributed by atoms with Gasteiger partial charge in [-0.2, -0.15) is 0 Å². The van der Waals surface area contributed by atoms with Gasteiger partial charge in [0.25, 0.3) is 0 Å². The van der Waals surface area contributed by atoms with Gasteiger partial charge in [0.1, 0.15) is 24.0 Å². The maximum Gasteiger partial charge on any atom is 0.336 e. The summed E-state index contributed by atoms with van der Waals surface area (Å²) in [4.78, 5) is 36.2. The number of esters is 1. The minimum absolute atomic E-state index is 0.105. The number of carbonyl (C=O) groups excluding carboxylic acids is 2. The maximum atomic E-state index is 12.3. The summed E-state index contributed by atoms with van der Waals surface area (Å²) < 4.78 is 15.6. The molecule has 3 aromatic rings. The van der Waals surface area contributed by atoms with E-state index in [1.165, 1.54) is 19.1 Å². The SMILES string of the molecule is COc1ccc(/C=C/C(=O)N[C@@H](C)C(=O)OCc2cc(=O)oc3cc(C)ccc23)cc1. The molecule has 0 saturated carbocycles. The van der Waals surface area contributed by atoms with Crippen LogP contribution in [0.5, 0.6) is 5.75 Å². The lowest BCUT2D eigenvalue weighted by Crippen LogP contribution is -2.38. The van der Waals surface area contributed by atoms with E-state index in [9.17, 15) is 14.4 Å². The van der Waals surface area contributed by atoms with Gasteiger partial charge >= 0.3 is 11.6 Å². The fourth-order valence-corrected chi connectivity index (χ4v) is 2.94. The molecular weight excluding hydrogens is 398 g/mol. The van der Waals surface area contributed by atoms with Gasteiger partial charge in [-0.25, -0.2) is 9.59 Å². The Bertz CT molecular complexity index is 1180. The number of methoxy groups -OCH3 is 1.